The zero-order chi connectivity index (χ0) is 16.8. The summed E-state index contributed by atoms with van der Waals surface area (Å²) in [6, 6.07) is 5.71. The van der Waals surface area contributed by atoms with Gasteiger partial charge >= 0.3 is 0 Å². The Kier molecular flexibility index (Phi) is 6.10. The fourth-order valence-corrected chi connectivity index (χ4v) is 3.12. The van der Waals surface area contributed by atoms with Gasteiger partial charge in [-0.2, -0.15) is 0 Å². The molecular weight excluding hydrogens is 299 g/mol. The maximum absolute atomic E-state index is 14.3. The SMILES string of the molecule is CCN1C(=O)CC[C@@H](C(=O)NCCCO)[C@@H]1c1ccccc1F. The van der Waals surface area contributed by atoms with Crippen LogP contribution >= 0.6 is 0 Å². The van der Waals surface area contributed by atoms with Crippen molar-refractivity contribution in [3.05, 3.63) is 35.6 Å². The number of hydrogen-bond acceptors (Lipinski definition) is 3. The minimum atomic E-state index is -0.587. The van der Waals surface area contributed by atoms with Crippen LogP contribution < -0.4 is 5.32 Å². The lowest BCUT2D eigenvalue weighted by Gasteiger charge is -2.40. The van der Waals surface area contributed by atoms with Crippen LogP contribution in [-0.4, -0.2) is 41.5 Å². The average molecular weight is 322 g/mol. The van der Waals surface area contributed by atoms with Crippen molar-refractivity contribution in [2.45, 2.75) is 32.2 Å². The highest BCUT2D eigenvalue weighted by Crippen LogP contribution is 2.37. The highest BCUT2D eigenvalue weighted by atomic mass is 19.1. The van der Waals surface area contributed by atoms with Gasteiger partial charge in [-0.3, -0.25) is 9.59 Å². The number of aliphatic hydroxyl groups is 1. The van der Waals surface area contributed by atoms with Crippen molar-refractivity contribution < 1.29 is 19.1 Å². The molecule has 2 atom stereocenters. The Morgan fingerprint density at radius 3 is 2.83 bits per heavy atom. The standard InChI is InChI=1S/C17H23FN2O3/c1-2-20-15(22)9-8-13(17(23)19-10-5-11-21)16(20)12-6-3-4-7-14(12)18/h3-4,6-7,13,16,21H,2,5,8-11H2,1H3,(H,19,23)/t13-,16+/m1/s1. The van der Waals surface area contributed by atoms with Crippen molar-refractivity contribution in [1.82, 2.24) is 10.2 Å². The van der Waals surface area contributed by atoms with Gasteiger partial charge in [-0.15, -0.1) is 0 Å². The molecule has 0 bridgehead atoms. The molecule has 23 heavy (non-hydrogen) atoms. The summed E-state index contributed by atoms with van der Waals surface area (Å²) < 4.78 is 14.3. The molecule has 0 aliphatic carbocycles. The topological polar surface area (TPSA) is 69.6 Å². The summed E-state index contributed by atoms with van der Waals surface area (Å²) >= 11 is 0. The minimum absolute atomic E-state index is 0.00125. The van der Waals surface area contributed by atoms with Gasteiger partial charge in [-0.1, -0.05) is 18.2 Å². The molecule has 2 amide bonds. The lowest BCUT2D eigenvalue weighted by atomic mass is 9.83. The molecule has 2 N–H and O–H groups in total. The molecule has 1 aliphatic heterocycles. The van der Waals surface area contributed by atoms with Crippen molar-refractivity contribution in [3.8, 4) is 0 Å². The molecule has 0 radical (unpaired) electrons. The number of halogens is 1. The number of likely N-dealkylation sites (tertiary alicyclic amines) is 1. The van der Waals surface area contributed by atoms with E-state index in [-0.39, 0.29) is 24.8 Å². The smallest absolute Gasteiger partial charge is 0.225 e. The second kappa shape index (κ2) is 8.06. The molecule has 126 valence electrons. The monoisotopic (exact) mass is 322 g/mol. The molecule has 1 fully saturated rings. The molecule has 1 aromatic rings. The lowest BCUT2D eigenvalue weighted by Crippen LogP contribution is -2.48. The Balaban J connectivity index is 2.29. The first-order valence-corrected chi connectivity index (χ1v) is 8.02. The third kappa shape index (κ3) is 3.88. The number of benzene rings is 1. The number of rotatable bonds is 6. The van der Waals surface area contributed by atoms with Gasteiger partial charge in [-0.25, -0.2) is 4.39 Å². The van der Waals surface area contributed by atoms with Crippen LogP contribution in [0.15, 0.2) is 24.3 Å². The van der Waals surface area contributed by atoms with Gasteiger partial charge in [0, 0.05) is 31.7 Å². The van der Waals surface area contributed by atoms with Crippen molar-refractivity contribution in [2.24, 2.45) is 5.92 Å². The summed E-state index contributed by atoms with van der Waals surface area (Å²) in [4.78, 5) is 26.3. The average Bonchev–Trinajstić information content (AvgIpc) is 2.55. The molecule has 2 rings (SSSR count). The third-order valence-electron chi connectivity index (χ3n) is 4.24. The van der Waals surface area contributed by atoms with Crippen LogP contribution in [0.2, 0.25) is 0 Å². The summed E-state index contributed by atoms with van der Waals surface area (Å²) in [6.07, 6.45) is 1.16. The van der Waals surface area contributed by atoms with Crippen LogP contribution in [0, 0.1) is 11.7 Å². The van der Waals surface area contributed by atoms with E-state index in [9.17, 15) is 14.0 Å². The lowest BCUT2D eigenvalue weighted by molar-refractivity contribution is -0.143. The zero-order valence-electron chi connectivity index (χ0n) is 13.3. The maximum atomic E-state index is 14.3. The number of piperidine rings is 1. The zero-order valence-corrected chi connectivity index (χ0v) is 13.3. The largest absolute Gasteiger partial charge is 0.396 e. The molecule has 0 aromatic heterocycles. The van der Waals surface area contributed by atoms with Crippen molar-refractivity contribution >= 4 is 11.8 Å². The quantitative estimate of drug-likeness (QED) is 0.782. The Morgan fingerprint density at radius 1 is 1.43 bits per heavy atom. The summed E-state index contributed by atoms with van der Waals surface area (Å²) in [5.74, 6) is -1.14. The highest BCUT2D eigenvalue weighted by molar-refractivity contribution is 5.85. The highest BCUT2D eigenvalue weighted by Gasteiger charge is 2.40. The molecule has 0 saturated carbocycles. The Morgan fingerprint density at radius 2 is 2.17 bits per heavy atom. The first kappa shape index (κ1) is 17.4. The Labute approximate surface area is 135 Å². The van der Waals surface area contributed by atoms with Crippen LogP contribution in [0.5, 0.6) is 0 Å². The second-order valence-corrected chi connectivity index (χ2v) is 5.66. The number of hydrogen-bond donors (Lipinski definition) is 2. The number of nitrogens with zero attached hydrogens (tertiary/aromatic N) is 1. The van der Waals surface area contributed by atoms with Gasteiger partial charge in [0.15, 0.2) is 0 Å². The van der Waals surface area contributed by atoms with E-state index in [0.717, 1.165) is 0 Å². The molecular formula is C17H23FN2O3. The fourth-order valence-electron chi connectivity index (χ4n) is 3.12. The first-order valence-electron chi connectivity index (χ1n) is 8.02. The van der Waals surface area contributed by atoms with Crippen molar-refractivity contribution in [3.63, 3.8) is 0 Å². The summed E-state index contributed by atoms with van der Waals surface area (Å²) in [6.45, 7) is 2.63. The molecule has 1 aliphatic rings. The number of carbonyl (C=O) groups excluding carboxylic acids is 2. The number of aliphatic hydroxyl groups excluding tert-OH is 1. The van der Waals surface area contributed by atoms with Gasteiger partial charge in [0.2, 0.25) is 11.8 Å². The second-order valence-electron chi connectivity index (χ2n) is 5.66. The molecule has 1 heterocycles. The van der Waals surface area contributed by atoms with Gasteiger partial charge in [0.1, 0.15) is 5.82 Å². The summed E-state index contributed by atoms with van der Waals surface area (Å²) in [5.41, 5.74) is 0.379. The Bertz CT molecular complexity index is 565. The van der Waals surface area contributed by atoms with Crippen LogP contribution in [0.4, 0.5) is 4.39 Å². The number of nitrogens with one attached hydrogen (secondary N) is 1. The van der Waals surface area contributed by atoms with E-state index in [2.05, 4.69) is 5.32 Å². The molecule has 0 unspecified atom stereocenters. The summed E-state index contributed by atoms with van der Waals surface area (Å²) in [5, 5.41) is 11.6. The van der Waals surface area contributed by atoms with Crippen molar-refractivity contribution in [2.75, 3.05) is 19.7 Å². The van der Waals surface area contributed by atoms with Crippen LogP contribution in [-0.2, 0) is 9.59 Å². The van der Waals surface area contributed by atoms with Crippen LogP contribution in [0.1, 0.15) is 37.8 Å². The Hall–Kier alpha value is -1.95. The van der Waals surface area contributed by atoms with E-state index in [1.54, 1.807) is 23.1 Å². The van der Waals surface area contributed by atoms with Crippen LogP contribution in [0.3, 0.4) is 0 Å². The van der Waals surface area contributed by atoms with E-state index in [4.69, 9.17) is 5.11 Å². The predicted molar refractivity (Wildman–Crippen MR) is 84.0 cm³/mol. The van der Waals surface area contributed by atoms with Gasteiger partial charge < -0.3 is 15.3 Å². The van der Waals surface area contributed by atoms with Gasteiger partial charge in [0.25, 0.3) is 0 Å². The summed E-state index contributed by atoms with van der Waals surface area (Å²) in [7, 11) is 0. The van der Waals surface area contributed by atoms with Crippen LogP contribution in [0.25, 0.3) is 0 Å². The minimum Gasteiger partial charge on any atom is -0.396 e. The number of carbonyl (C=O) groups is 2. The van der Waals surface area contributed by atoms with E-state index in [0.29, 0.717) is 31.5 Å². The van der Waals surface area contributed by atoms with Gasteiger partial charge in [-0.05, 0) is 25.8 Å². The molecule has 0 spiro atoms. The van der Waals surface area contributed by atoms with Gasteiger partial charge in [0.05, 0.1) is 12.0 Å². The fraction of sp³-hybridized carbons (Fsp3) is 0.529. The molecule has 6 heteroatoms. The molecule has 5 nitrogen and oxygen atoms in total. The van der Waals surface area contributed by atoms with E-state index in [1.165, 1.54) is 6.07 Å². The third-order valence-corrected chi connectivity index (χ3v) is 4.24. The first-order chi connectivity index (χ1) is 11.1. The maximum Gasteiger partial charge on any atom is 0.225 e. The molecule has 1 saturated heterocycles. The van der Waals surface area contributed by atoms with E-state index >= 15 is 0 Å². The van der Waals surface area contributed by atoms with Crippen molar-refractivity contribution in [1.29, 1.82) is 0 Å². The molecule has 1 aromatic carbocycles. The van der Waals surface area contributed by atoms with E-state index < -0.39 is 17.8 Å². The van der Waals surface area contributed by atoms with E-state index in [1.807, 2.05) is 6.92 Å². The predicted octanol–water partition coefficient (Wildman–Crippen LogP) is 1.62. The number of amides is 2. The normalized spacial score (nSPS) is 21.3.